The Morgan fingerprint density at radius 1 is 0.840 bits per heavy atom. The predicted molar refractivity (Wildman–Crippen MR) is 107 cm³/mol. The molecule has 25 heavy (non-hydrogen) atoms. The second-order valence-corrected chi connectivity index (χ2v) is 6.41. The van der Waals surface area contributed by atoms with Crippen molar-refractivity contribution in [3.63, 3.8) is 0 Å². The van der Waals surface area contributed by atoms with Crippen LogP contribution >= 0.6 is 23.2 Å². The summed E-state index contributed by atoms with van der Waals surface area (Å²) in [5.74, 6) is 0.777. The molecule has 0 unspecified atom stereocenters. The molecule has 3 aromatic rings. The van der Waals surface area contributed by atoms with Gasteiger partial charge < -0.3 is 4.74 Å². The fourth-order valence-electron chi connectivity index (χ4n) is 2.71. The Morgan fingerprint density at radius 3 is 2.20 bits per heavy atom. The van der Waals surface area contributed by atoms with E-state index in [2.05, 4.69) is 0 Å². The van der Waals surface area contributed by atoms with Crippen molar-refractivity contribution in [3.8, 4) is 16.9 Å². The molecule has 3 aromatic carbocycles. The summed E-state index contributed by atoms with van der Waals surface area (Å²) in [6.07, 6.45) is 4.01. The molecular weight excluding hydrogens is 351 g/mol. The average Bonchev–Trinajstić information content (AvgIpc) is 2.62. The molecule has 0 N–H and O–H groups in total. The first-order chi connectivity index (χ1) is 12.2. The van der Waals surface area contributed by atoms with E-state index in [1.807, 2.05) is 85.8 Å². The lowest BCUT2D eigenvalue weighted by Gasteiger charge is -2.16. The molecule has 0 saturated carbocycles. The van der Waals surface area contributed by atoms with Gasteiger partial charge in [-0.15, -0.1) is 0 Å². The van der Waals surface area contributed by atoms with E-state index in [9.17, 15) is 0 Å². The van der Waals surface area contributed by atoms with Gasteiger partial charge in [-0.3, -0.25) is 0 Å². The Hall–Kier alpha value is -2.22. The predicted octanol–water partition coefficient (Wildman–Crippen LogP) is 7.27. The minimum Gasteiger partial charge on any atom is -0.488 e. The van der Waals surface area contributed by atoms with E-state index in [1.54, 1.807) is 0 Å². The van der Waals surface area contributed by atoms with Gasteiger partial charge in [0.2, 0.25) is 0 Å². The number of ether oxygens (including phenoxy) is 1. The van der Waals surface area contributed by atoms with Crippen LogP contribution in [0.5, 0.6) is 5.75 Å². The summed E-state index contributed by atoms with van der Waals surface area (Å²) in [5, 5.41) is 1.21. The van der Waals surface area contributed by atoms with E-state index < -0.39 is 0 Å². The van der Waals surface area contributed by atoms with Crippen LogP contribution in [0.2, 0.25) is 10.0 Å². The van der Waals surface area contributed by atoms with E-state index in [-0.39, 0.29) is 0 Å². The molecule has 0 heterocycles. The van der Waals surface area contributed by atoms with E-state index >= 15 is 0 Å². The molecule has 3 rings (SSSR count). The van der Waals surface area contributed by atoms with Gasteiger partial charge in [-0.1, -0.05) is 90.0 Å². The summed E-state index contributed by atoms with van der Waals surface area (Å²) in [5.41, 5.74) is 3.78. The first kappa shape index (κ1) is 17.6. The molecule has 0 atom stereocenters. The molecule has 3 heteroatoms. The average molecular weight is 369 g/mol. The lowest BCUT2D eigenvalue weighted by atomic mass is 10.0. The van der Waals surface area contributed by atoms with Crippen molar-refractivity contribution in [1.82, 2.24) is 0 Å². The van der Waals surface area contributed by atoms with E-state index in [1.165, 1.54) is 0 Å². The molecule has 0 bridgehead atoms. The summed E-state index contributed by atoms with van der Waals surface area (Å²) >= 11 is 12.8. The number of hydrogen-bond acceptors (Lipinski definition) is 1. The maximum atomic E-state index is 6.42. The molecule has 0 fully saturated rings. The molecule has 0 amide bonds. The maximum Gasteiger partial charge on any atom is 0.134 e. The SMILES string of the molecule is CC=Cc1cccc(-c2c(Cl)cccc2Cl)c1OCc1ccccc1. The molecule has 0 aliphatic rings. The number of para-hydroxylation sites is 1. The zero-order valence-electron chi connectivity index (χ0n) is 13.9. The molecule has 0 aliphatic heterocycles. The Morgan fingerprint density at radius 2 is 1.52 bits per heavy atom. The van der Waals surface area contributed by atoms with Crippen LogP contribution in [0.4, 0.5) is 0 Å². The lowest BCUT2D eigenvalue weighted by Crippen LogP contribution is -1.99. The summed E-state index contributed by atoms with van der Waals surface area (Å²) < 4.78 is 6.20. The molecule has 126 valence electrons. The second-order valence-electron chi connectivity index (χ2n) is 5.59. The van der Waals surface area contributed by atoms with Gasteiger partial charge in [0.15, 0.2) is 0 Å². The van der Waals surface area contributed by atoms with Gasteiger partial charge >= 0.3 is 0 Å². The standard InChI is InChI=1S/C22H18Cl2O/c1-2-8-17-11-6-12-18(21-19(23)13-7-14-20(21)24)22(17)25-15-16-9-4-3-5-10-16/h2-14H,15H2,1H3. The number of benzene rings is 3. The minimum absolute atomic E-state index is 0.477. The van der Waals surface area contributed by atoms with E-state index in [0.29, 0.717) is 16.7 Å². The van der Waals surface area contributed by atoms with Gasteiger partial charge in [0.25, 0.3) is 0 Å². The van der Waals surface area contributed by atoms with Gasteiger partial charge in [0.1, 0.15) is 12.4 Å². The molecule has 0 aliphatic carbocycles. The maximum absolute atomic E-state index is 6.42. The quantitative estimate of drug-likeness (QED) is 0.459. The fourth-order valence-corrected chi connectivity index (χ4v) is 3.31. The van der Waals surface area contributed by atoms with Crippen molar-refractivity contribution < 1.29 is 4.74 Å². The summed E-state index contributed by atoms with van der Waals surface area (Å²) in [7, 11) is 0. The highest BCUT2D eigenvalue weighted by Crippen LogP contribution is 2.41. The number of hydrogen-bond donors (Lipinski definition) is 0. The zero-order valence-corrected chi connectivity index (χ0v) is 15.4. The van der Waals surface area contributed by atoms with Crippen molar-refractivity contribution >= 4 is 29.3 Å². The van der Waals surface area contributed by atoms with Crippen LogP contribution in [0.25, 0.3) is 17.2 Å². The van der Waals surface area contributed by atoms with Crippen molar-refractivity contribution in [3.05, 3.63) is 94.0 Å². The van der Waals surface area contributed by atoms with Crippen molar-refractivity contribution in [2.24, 2.45) is 0 Å². The van der Waals surface area contributed by atoms with Crippen LogP contribution in [0.15, 0.2) is 72.8 Å². The van der Waals surface area contributed by atoms with E-state index in [0.717, 1.165) is 28.0 Å². The van der Waals surface area contributed by atoms with Crippen molar-refractivity contribution in [1.29, 1.82) is 0 Å². The first-order valence-electron chi connectivity index (χ1n) is 8.07. The summed E-state index contributed by atoms with van der Waals surface area (Å²) in [6, 6.07) is 21.6. The lowest BCUT2D eigenvalue weighted by molar-refractivity contribution is 0.307. The third-order valence-electron chi connectivity index (χ3n) is 3.85. The minimum atomic E-state index is 0.477. The molecule has 0 saturated heterocycles. The Kier molecular flexibility index (Phi) is 5.80. The monoisotopic (exact) mass is 368 g/mol. The largest absolute Gasteiger partial charge is 0.488 e. The van der Waals surface area contributed by atoms with Gasteiger partial charge in [-0.05, 0) is 24.6 Å². The van der Waals surface area contributed by atoms with Crippen LogP contribution < -0.4 is 4.74 Å². The molecule has 0 radical (unpaired) electrons. The van der Waals surface area contributed by atoms with Crippen LogP contribution in [-0.4, -0.2) is 0 Å². The molecule has 1 nitrogen and oxygen atoms in total. The van der Waals surface area contributed by atoms with E-state index in [4.69, 9.17) is 27.9 Å². The highest BCUT2D eigenvalue weighted by molar-refractivity contribution is 6.39. The number of allylic oxidation sites excluding steroid dienone is 1. The molecule has 0 spiro atoms. The third-order valence-corrected chi connectivity index (χ3v) is 4.48. The first-order valence-corrected chi connectivity index (χ1v) is 8.83. The number of halogens is 2. The van der Waals surface area contributed by atoms with Crippen molar-refractivity contribution in [2.45, 2.75) is 13.5 Å². The molecular formula is C22H18Cl2O. The van der Waals surface area contributed by atoms with Crippen LogP contribution in [0.3, 0.4) is 0 Å². The Bertz CT molecular complexity index is 866. The smallest absolute Gasteiger partial charge is 0.134 e. The fraction of sp³-hybridized carbons (Fsp3) is 0.0909. The topological polar surface area (TPSA) is 9.23 Å². The second kappa shape index (κ2) is 8.24. The van der Waals surface area contributed by atoms with Gasteiger partial charge in [-0.2, -0.15) is 0 Å². The van der Waals surface area contributed by atoms with Gasteiger partial charge in [0, 0.05) is 16.7 Å². The normalized spacial score (nSPS) is 11.0. The summed E-state index contributed by atoms with van der Waals surface area (Å²) in [6.45, 7) is 2.46. The third kappa shape index (κ3) is 4.07. The van der Waals surface area contributed by atoms with Gasteiger partial charge in [-0.25, -0.2) is 0 Å². The number of rotatable bonds is 5. The van der Waals surface area contributed by atoms with Crippen LogP contribution in [0, 0.1) is 0 Å². The zero-order chi connectivity index (χ0) is 17.6. The highest BCUT2D eigenvalue weighted by atomic mass is 35.5. The Balaban J connectivity index is 2.08. The molecule has 0 aromatic heterocycles. The van der Waals surface area contributed by atoms with Gasteiger partial charge in [0.05, 0.1) is 10.0 Å². The summed E-state index contributed by atoms with van der Waals surface area (Å²) in [4.78, 5) is 0. The van der Waals surface area contributed by atoms with Crippen LogP contribution in [0.1, 0.15) is 18.1 Å². The van der Waals surface area contributed by atoms with Crippen LogP contribution in [-0.2, 0) is 6.61 Å². The van der Waals surface area contributed by atoms with Crippen molar-refractivity contribution in [2.75, 3.05) is 0 Å². The Labute approximate surface area is 158 Å². The highest BCUT2D eigenvalue weighted by Gasteiger charge is 2.16.